The van der Waals surface area contributed by atoms with Crippen molar-refractivity contribution in [3.05, 3.63) is 57.8 Å². The van der Waals surface area contributed by atoms with Crippen molar-refractivity contribution in [2.75, 3.05) is 7.11 Å². The van der Waals surface area contributed by atoms with E-state index in [0.29, 0.717) is 22.6 Å². The van der Waals surface area contributed by atoms with Crippen molar-refractivity contribution in [1.82, 2.24) is 0 Å². The first-order valence-corrected chi connectivity index (χ1v) is 7.31. The zero-order valence-corrected chi connectivity index (χ0v) is 13.5. The molecule has 2 N–H and O–H groups in total. The molecule has 21 heavy (non-hydrogen) atoms. The Morgan fingerprint density at radius 1 is 1.19 bits per heavy atom. The topological polar surface area (TPSA) is 44.5 Å². The van der Waals surface area contributed by atoms with E-state index < -0.39 is 0 Å². The van der Waals surface area contributed by atoms with Crippen molar-refractivity contribution in [1.29, 1.82) is 0 Å². The molecular formula is C16H17BrFNO2. The molecule has 0 aliphatic rings. The Morgan fingerprint density at radius 2 is 1.95 bits per heavy atom. The second kappa shape index (κ2) is 6.91. The molecule has 2 aromatic rings. The Kier molecular flexibility index (Phi) is 5.20. The molecule has 0 saturated carbocycles. The Labute approximate surface area is 132 Å². The van der Waals surface area contributed by atoms with Gasteiger partial charge in [-0.25, -0.2) is 4.39 Å². The maximum absolute atomic E-state index is 13.0. The summed E-state index contributed by atoms with van der Waals surface area (Å²) in [6, 6.07) is 10.0. The molecule has 5 heteroatoms. The van der Waals surface area contributed by atoms with E-state index in [2.05, 4.69) is 15.9 Å². The molecule has 0 aromatic heterocycles. The fraction of sp³-hybridized carbons (Fsp3) is 0.250. The molecule has 0 aliphatic carbocycles. The van der Waals surface area contributed by atoms with Crippen molar-refractivity contribution in [2.45, 2.75) is 19.6 Å². The maximum atomic E-state index is 13.0. The molecule has 0 saturated heterocycles. The van der Waals surface area contributed by atoms with Crippen LogP contribution < -0.4 is 15.2 Å². The van der Waals surface area contributed by atoms with Crippen molar-refractivity contribution < 1.29 is 13.9 Å². The highest BCUT2D eigenvalue weighted by atomic mass is 79.9. The number of nitrogens with two attached hydrogens (primary N) is 1. The standard InChI is InChI=1S/C16H17BrFNO2/c1-10(19)11-4-6-15(16(7-11)20-2)21-9-12-3-5-13(18)8-14(12)17/h3-8,10H,9,19H2,1-2H3/t10-/m0/s1. The van der Waals surface area contributed by atoms with Crippen LogP contribution in [-0.2, 0) is 6.61 Å². The lowest BCUT2D eigenvalue weighted by Crippen LogP contribution is -2.06. The number of hydrogen-bond acceptors (Lipinski definition) is 3. The van der Waals surface area contributed by atoms with Gasteiger partial charge in [-0.3, -0.25) is 0 Å². The first-order chi connectivity index (χ1) is 10.0. The summed E-state index contributed by atoms with van der Waals surface area (Å²) in [5.41, 5.74) is 7.68. The van der Waals surface area contributed by atoms with Crippen LogP contribution in [0.15, 0.2) is 40.9 Å². The molecule has 112 valence electrons. The average molecular weight is 354 g/mol. The van der Waals surface area contributed by atoms with Crippen LogP contribution in [0.25, 0.3) is 0 Å². The molecular weight excluding hydrogens is 337 g/mol. The number of methoxy groups -OCH3 is 1. The van der Waals surface area contributed by atoms with Gasteiger partial charge in [-0.1, -0.05) is 28.1 Å². The summed E-state index contributed by atoms with van der Waals surface area (Å²) in [5, 5.41) is 0. The maximum Gasteiger partial charge on any atom is 0.161 e. The van der Waals surface area contributed by atoms with E-state index in [9.17, 15) is 4.39 Å². The lowest BCUT2D eigenvalue weighted by atomic mass is 10.1. The predicted molar refractivity (Wildman–Crippen MR) is 84.0 cm³/mol. The van der Waals surface area contributed by atoms with E-state index >= 15 is 0 Å². The minimum absolute atomic E-state index is 0.0702. The van der Waals surface area contributed by atoms with Gasteiger partial charge in [0.2, 0.25) is 0 Å². The number of halogens is 2. The smallest absolute Gasteiger partial charge is 0.161 e. The van der Waals surface area contributed by atoms with Gasteiger partial charge < -0.3 is 15.2 Å². The highest BCUT2D eigenvalue weighted by Gasteiger charge is 2.09. The predicted octanol–water partition coefficient (Wildman–Crippen LogP) is 4.20. The Bertz CT molecular complexity index is 632. The van der Waals surface area contributed by atoms with Gasteiger partial charge in [0.05, 0.1) is 7.11 Å². The van der Waals surface area contributed by atoms with Crippen molar-refractivity contribution in [2.24, 2.45) is 5.73 Å². The van der Waals surface area contributed by atoms with Gasteiger partial charge in [-0.2, -0.15) is 0 Å². The summed E-state index contributed by atoms with van der Waals surface area (Å²) in [5.74, 6) is 0.964. The highest BCUT2D eigenvalue weighted by Crippen LogP contribution is 2.31. The van der Waals surface area contributed by atoms with E-state index in [0.717, 1.165) is 11.1 Å². The van der Waals surface area contributed by atoms with Gasteiger partial charge in [0.1, 0.15) is 12.4 Å². The number of hydrogen-bond donors (Lipinski definition) is 1. The molecule has 0 spiro atoms. The third-order valence-electron chi connectivity index (χ3n) is 3.11. The van der Waals surface area contributed by atoms with Gasteiger partial charge in [0.25, 0.3) is 0 Å². The van der Waals surface area contributed by atoms with Crippen LogP contribution in [-0.4, -0.2) is 7.11 Å². The second-order valence-corrected chi connectivity index (χ2v) is 5.58. The van der Waals surface area contributed by atoms with Crippen LogP contribution in [0.5, 0.6) is 11.5 Å². The molecule has 0 bridgehead atoms. The number of rotatable bonds is 5. The van der Waals surface area contributed by atoms with Gasteiger partial charge >= 0.3 is 0 Å². The van der Waals surface area contributed by atoms with Crippen molar-refractivity contribution in [3.63, 3.8) is 0 Å². The monoisotopic (exact) mass is 353 g/mol. The van der Waals surface area contributed by atoms with Crippen molar-refractivity contribution >= 4 is 15.9 Å². The lowest BCUT2D eigenvalue weighted by molar-refractivity contribution is 0.283. The second-order valence-electron chi connectivity index (χ2n) is 4.72. The summed E-state index contributed by atoms with van der Waals surface area (Å²) in [6.45, 7) is 2.22. The van der Waals surface area contributed by atoms with Crippen LogP contribution in [0, 0.1) is 5.82 Å². The first-order valence-electron chi connectivity index (χ1n) is 6.51. The van der Waals surface area contributed by atoms with Crippen LogP contribution in [0.4, 0.5) is 4.39 Å². The number of ether oxygens (including phenoxy) is 2. The Balaban J connectivity index is 2.16. The Hall–Kier alpha value is -1.59. The summed E-state index contributed by atoms with van der Waals surface area (Å²) < 4.78 is 24.8. The summed E-state index contributed by atoms with van der Waals surface area (Å²) in [7, 11) is 1.58. The SMILES string of the molecule is COc1cc([C@H](C)N)ccc1OCc1ccc(F)cc1Br. The summed E-state index contributed by atoms with van der Waals surface area (Å²) in [4.78, 5) is 0. The molecule has 0 aliphatic heterocycles. The molecule has 2 aromatic carbocycles. The minimum atomic E-state index is -0.288. The molecule has 0 fully saturated rings. The van der Waals surface area contributed by atoms with Crippen LogP contribution in [0.2, 0.25) is 0 Å². The van der Waals surface area contributed by atoms with Crippen LogP contribution >= 0.6 is 15.9 Å². The molecule has 3 nitrogen and oxygen atoms in total. The average Bonchev–Trinajstić information content (AvgIpc) is 2.46. The third kappa shape index (κ3) is 3.95. The van der Waals surface area contributed by atoms with Gasteiger partial charge in [0, 0.05) is 16.1 Å². The van der Waals surface area contributed by atoms with E-state index in [1.165, 1.54) is 12.1 Å². The van der Waals surface area contributed by atoms with Crippen LogP contribution in [0.1, 0.15) is 24.1 Å². The zero-order valence-electron chi connectivity index (χ0n) is 11.9. The first kappa shape index (κ1) is 15.8. The van der Waals surface area contributed by atoms with Gasteiger partial charge in [0.15, 0.2) is 11.5 Å². The van der Waals surface area contributed by atoms with E-state index in [1.807, 2.05) is 25.1 Å². The molecule has 1 atom stereocenters. The third-order valence-corrected chi connectivity index (χ3v) is 3.85. The van der Waals surface area contributed by atoms with Gasteiger partial charge in [-0.05, 0) is 36.8 Å². The molecule has 0 radical (unpaired) electrons. The van der Waals surface area contributed by atoms with E-state index in [-0.39, 0.29) is 11.9 Å². The van der Waals surface area contributed by atoms with Crippen LogP contribution in [0.3, 0.4) is 0 Å². The fourth-order valence-corrected chi connectivity index (χ4v) is 2.35. The van der Waals surface area contributed by atoms with Crippen molar-refractivity contribution in [3.8, 4) is 11.5 Å². The Morgan fingerprint density at radius 3 is 2.57 bits per heavy atom. The molecule has 0 amide bonds. The normalized spacial score (nSPS) is 12.0. The molecule has 0 heterocycles. The summed E-state index contributed by atoms with van der Waals surface area (Å²) >= 11 is 3.32. The van der Waals surface area contributed by atoms with E-state index in [1.54, 1.807) is 13.2 Å². The van der Waals surface area contributed by atoms with E-state index in [4.69, 9.17) is 15.2 Å². The largest absolute Gasteiger partial charge is 0.493 e. The van der Waals surface area contributed by atoms with Gasteiger partial charge in [-0.15, -0.1) is 0 Å². The quantitative estimate of drug-likeness (QED) is 0.876. The summed E-state index contributed by atoms with van der Waals surface area (Å²) in [6.07, 6.45) is 0. The fourth-order valence-electron chi connectivity index (χ4n) is 1.88. The molecule has 2 rings (SSSR count). The number of benzene rings is 2. The minimum Gasteiger partial charge on any atom is -0.493 e. The lowest BCUT2D eigenvalue weighted by Gasteiger charge is -2.14. The highest BCUT2D eigenvalue weighted by molar-refractivity contribution is 9.10. The molecule has 0 unspecified atom stereocenters. The zero-order chi connectivity index (χ0) is 15.4.